The molecule has 1 aromatic heterocycles. The van der Waals surface area contributed by atoms with E-state index in [9.17, 15) is 13.6 Å². The van der Waals surface area contributed by atoms with Crippen LogP contribution in [-0.4, -0.2) is 15.9 Å². The number of carbonyl (C=O) groups is 1. The average molecular weight is 235 g/mol. The fourth-order valence-electron chi connectivity index (χ4n) is 1.19. The summed E-state index contributed by atoms with van der Waals surface area (Å²) >= 11 is 0. The Balaban J connectivity index is 2.16. The summed E-state index contributed by atoms with van der Waals surface area (Å²) in [6.45, 7) is 0. The van der Waals surface area contributed by atoms with Gasteiger partial charge in [0.2, 0.25) is 0 Å². The van der Waals surface area contributed by atoms with Gasteiger partial charge in [0.25, 0.3) is 5.91 Å². The molecule has 0 saturated heterocycles. The van der Waals surface area contributed by atoms with Gasteiger partial charge in [-0.05, 0) is 12.1 Å². The number of hydrogen-bond acceptors (Lipinski definition) is 3. The van der Waals surface area contributed by atoms with Crippen molar-refractivity contribution in [2.24, 2.45) is 0 Å². The molecule has 1 heterocycles. The largest absolute Gasteiger partial charge is 0.320 e. The lowest BCUT2D eigenvalue weighted by Gasteiger charge is -2.04. The van der Waals surface area contributed by atoms with E-state index >= 15 is 0 Å². The zero-order valence-corrected chi connectivity index (χ0v) is 8.52. The number of amides is 1. The number of anilines is 1. The molecule has 2 rings (SSSR count). The van der Waals surface area contributed by atoms with Crippen LogP contribution >= 0.6 is 0 Å². The van der Waals surface area contributed by atoms with E-state index in [-0.39, 0.29) is 11.4 Å². The molecule has 0 atom stereocenters. The molecule has 0 aliphatic carbocycles. The van der Waals surface area contributed by atoms with Crippen LogP contribution < -0.4 is 5.32 Å². The van der Waals surface area contributed by atoms with E-state index in [0.717, 1.165) is 12.1 Å². The molecule has 17 heavy (non-hydrogen) atoms. The molecule has 86 valence electrons. The van der Waals surface area contributed by atoms with Gasteiger partial charge in [0, 0.05) is 24.1 Å². The minimum atomic E-state index is -1.03. The number of aromatic nitrogens is 2. The Bertz CT molecular complexity index is 546. The van der Waals surface area contributed by atoms with E-state index in [1.54, 1.807) is 0 Å². The maximum absolute atomic E-state index is 12.9. The van der Waals surface area contributed by atoms with Crippen LogP contribution in [0.25, 0.3) is 0 Å². The van der Waals surface area contributed by atoms with Crippen LogP contribution in [0.15, 0.2) is 36.8 Å². The number of nitrogens with zero attached hydrogens (tertiary/aromatic N) is 2. The molecular weight excluding hydrogens is 228 g/mol. The van der Waals surface area contributed by atoms with Crippen LogP contribution in [-0.2, 0) is 0 Å². The second-order valence-electron chi connectivity index (χ2n) is 3.17. The Morgan fingerprint density at radius 2 is 2.00 bits per heavy atom. The molecule has 4 nitrogen and oxygen atoms in total. The van der Waals surface area contributed by atoms with Crippen molar-refractivity contribution in [2.45, 2.75) is 0 Å². The van der Waals surface area contributed by atoms with Gasteiger partial charge in [-0.2, -0.15) is 0 Å². The fourth-order valence-corrected chi connectivity index (χ4v) is 1.19. The first kappa shape index (κ1) is 11.1. The minimum Gasteiger partial charge on any atom is -0.320 e. The lowest BCUT2D eigenvalue weighted by molar-refractivity contribution is 0.102. The number of nitrogens with one attached hydrogen (secondary N) is 1. The number of carbonyl (C=O) groups excluding carboxylic acids is 1. The number of benzene rings is 1. The summed E-state index contributed by atoms with van der Waals surface area (Å²) in [4.78, 5) is 19.1. The first-order valence-corrected chi connectivity index (χ1v) is 4.69. The van der Waals surface area contributed by atoms with E-state index in [1.165, 1.54) is 24.7 Å². The Morgan fingerprint density at radius 3 is 2.65 bits per heavy atom. The van der Waals surface area contributed by atoms with Gasteiger partial charge in [0.1, 0.15) is 5.69 Å². The van der Waals surface area contributed by atoms with Crippen molar-refractivity contribution in [3.63, 3.8) is 0 Å². The zero-order valence-electron chi connectivity index (χ0n) is 8.52. The molecule has 0 unspecified atom stereocenters. The first-order chi connectivity index (χ1) is 8.16. The fraction of sp³-hybridized carbons (Fsp3) is 0. The molecule has 1 amide bonds. The number of halogens is 2. The normalized spacial score (nSPS) is 10.0. The molecule has 0 aliphatic rings. The third kappa shape index (κ3) is 2.60. The minimum absolute atomic E-state index is 0.0947. The SMILES string of the molecule is O=C(Nc1ccc(F)c(F)c1)c1cnccn1. The summed E-state index contributed by atoms with van der Waals surface area (Å²) < 4.78 is 25.5. The van der Waals surface area contributed by atoms with Crippen molar-refractivity contribution in [1.29, 1.82) is 0 Å². The van der Waals surface area contributed by atoms with Gasteiger partial charge in [-0.15, -0.1) is 0 Å². The predicted octanol–water partition coefficient (Wildman–Crippen LogP) is 2.01. The molecule has 1 N–H and O–H groups in total. The smallest absolute Gasteiger partial charge is 0.275 e. The van der Waals surface area contributed by atoms with Gasteiger partial charge in [0.15, 0.2) is 11.6 Å². The van der Waals surface area contributed by atoms with Crippen molar-refractivity contribution in [3.8, 4) is 0 Å². The van der Waals surface area contributed by atoms with Crippen molar-refractivity contribution < 1.29 is 13.6 Å². The molecule has 0 saturated carbocycles. The lowest BCUT2D eigenvalue weighted by atomic mass is 10.3. The highest BCUT2D eigenvalue weighted by Crippen LogP contribution is 2.13. The van der Waals surface area contributed by atoms with Crippen molar-refractivity contribution in [3.05, 3.63) is 54.1 Å². The Hall–Kier alpha value is -2.37. The standard InChI is InChI=1S/C11H7F2N3O/c12-8-2-1-7(5-9(8)13)16-11(17)10-6-14-3-4-15-10/h1-6H,(H,16,17). The Morgan fingerprint density at radius 1 is 1.18 bits per heavy atom. The van der Waals surface area contributed by atoms with Crippen LogP contribution in [0.5, 0.6) is 0 Å². The third-order valence-corrected chi connectivity index (χ3v) is 1.97. The molecule has 0 bridgehead atoms. The van der Waals surface area contributed by atoms with Crippen LogP contribution in [0, 0.1) is 11.6 Å². The predicted molar refractivity (Wildman–Crippen MR) is 56.3 cm³/mol. The van der Waals surface area contributed by atoms with Crippen LogP contribution in [0.4, 0.5) is 14.5 Å². The first-order valence-electron chi connectivity index (χ1n) is 4.69. The molecule has 0 spiro atoms. The summed E-state index contributed by atoms with van der Waals surface area (Å²) in [5, 5.41) is 2.38. The van der Waals surface area contributed by atoms with E-state index in [1.807, 2.05) is 0 Å². The molecule has 0 aliphatic heterocycles. The number of rotatable bonds is 2. The second-order valence-corrected chi connectivity index (χ2v) is 3.17. The molecular formula is C11H7F2N3O. The summed E-state index contributed by atoms with van der Waals surface area (Å²) in [5.74, 6) is -2.53. The van der Waals surface area contributed by atoms with Crippen molar-refractivity contribution in [1.82, 2.24) is 9.97 Å². The van der Waals surface area contributed by atoms with E-state index in [0.29, 0.717) is 0 Å². The second kappa shape index (κ2) is 4.65. The van der Waals surface area contributed by atoms with E-state index < -0.39 is 17.5 Å². The molecule has 0 fully saturated rings. The maximum Gasteiger partial charge on any atom is 0.275 e. The van der Waals surface area contributed by atoms with Crippen LogP contribution in [0.3, 0.4) is 0 Å². The molecule has 1 aromatic carbocycles. The summed E-state index contributed by atoms with van der Waals surface area (Å²) in [5.41, 5.74) is 0.247. The highest BCUT2D eigenvalue weighted by Gasteiger charge is 2.09. The molecule has 2 aromatic rings. The van der Waals surface area contributed by atoms with Gasteiger partial charge in [-0.25, -0.2) is 13.8 Å². The summed E-state index contributed by atoms with van der Waals surface area (Å²) in [6, 6.07) is 3.08. The van der Waals surface area contributed by atoms with Crippen molar-refractivity contribution >= 4 is 11.6 Å². The molecule has 0 radical (unpaired) electrons. The number of hydrogen-bond donors (Lipinski definition) is 1. The van der Waals surface area contributed by atoms with Gasteiger partial charge in [-0.3, -0.25) is 9.78 Å². The summed E-state index contributed by atoms with van der Waals surface area (Å²) in [7, 11) is 0. The highest BCUT2D eigenvalue weighted by atomic mass is 19.2. The zero-order chi connectivity index (χ0) is 12.3. The maximum atomic E-state index is 12.9. The van der Waals surface area contributed by atoms with Crippen LogP contribution in [0.1, 0.15) is 10.5 Å². The molecule has 6 heteroatoms. The Labute approximate surface area is 95.3 Å². The summed E-state index contributed by atoms with van der Waals surface area (Å²) in [6.07, 6.45) is 4.06. The topological polar surface area (TPSA) is 54.9 Å². The van der Waals surface area contributed by atoms with E-state index in [4.69, 9.17) is 0 Å². The van der Waals surface area contributed by atoms with Gasteiger partial charge in [0.05, 0.1) is 6.20 Å². The quantitative estimate of drug-likeness (QED) is 0.866. The van der Waals surface area contributed by atoms with Crippen molar-refractivity contribution in [2.75, 3.05) is 5.32 Å². The monoisotopic (exact) mass is 235 g/mol. The lowest BCUT2D eigenvalue weighted by Crippen LogP contribution is -2.13. The average Bonchev–Trinajstić information content (AvgIpc) is 2.35. The van der Waals surface area contributed by atoms with Gasteiger partial charge in [-0.1, -0.05) is 0 Å². The van der Waals surface area contributed by atoms with Gasteiger partial charge >= 0.3 is 0 Å². The Kier molecular flexibility index (Phi) is 3.04. The van der Waals surface area contributed by atoms with Gasteiger partial charge < -0.3 is 5.32 Å². The van der Waals surface area contributed by atoms with E-state index in [2.05, 4.69) is 15.3 Å². The highest BCUT2D eigenvalue weighted by molar-refractivity contribution is 6.02. The third-order valence-electron chi connectivity index (χ3n) is 1.97. The van der Waals surface area contributed by atoms with Crippen LogP contribution in [0.2, 0.25) is 0 Å².